The highest BCUT2D eigenvalue weighted by molar-refractivity contribution is 7.22. The van der Waals surface area contributed by atoms with E-state index in [9.17, 15) is 9.18 Å². The SMILES string of the molecule is O=C(Nc1nc2ccccc2s1)Nc1ccc(Cl)cc1F. The third kappa shape index (κ3) is 3.12. The highest BCUT2D eigenvalue weighted by Crippen LogP contribution is 2.25. The number of para-hydroxylation sites is 1. The zero-order valence-corrected chi connectivity index (χ0v) is 12.1. The number of nitrogens with one attached hydrogen (secondary N) is 2. The van der Waals surface area contributed by atoms with Crippen molar-refractivity contribution in [3.63, 3.8) is 0 Å². The zero-order chi connectivity index (χ0) is 14.8. The second-order valence-corrected chi connectivity index (χ2v) is 5.66. The Balaban J connectivity index is 1.74. The first-order valence-corrected chi connectivity index (χ1v) is 7.20. The predicted molar refractivity (Wildman–Crippen MR) is 83.7 cm³/mol. The summed E-state index contributed by atoms with van der Waals surface area (Å²) in [4.78, 5) is 16.1. The van der Waals surface area contributed by atoms with Crippen LogP contribution in [0.2, 0.25) is 5.02 Å². The first-order valence-electron chi connectivity index (χ1n) is 6.00. The highest BCUT2D eigenvalue weighted by atomic mass is 35.5. The number of hydrogen-bond donors (Lipinski definition) is 2. The van der Waals surface area contributed by atoms with Gasteiger partial charge in [0.05, 0.1) is 15.9 Å². The molecule has 3 rings (SSSR count). The number of fused-ring (bicyclic) bond motifs is 1. The van der Waals surface area contributed by atoms with Crippen molar-refractivity contribution in [3.05, 3.63) is 53.3 Å². The number of rotatable bonds is 2. The Morgan fingerprint density at radius 2 is 2.00 bits per heavy atom. The molecule has 2 amide bonds. The molecule has 0 spiro atoms. The number of aromatic nitrogens is 1. The Kier molecular flexibility index (Phi) is 3.72. The summed E-state index contributed by atoms with van der Waals surface area (Å²) < 4.78 is 14.5. The van der Waals surface area contributed by atoms with Gasteiger partial charge < -0.3 is 5.32 Å². The van der Waals surface area contributed by atoms with Crippen molar-refractivity contribution in [2.45, 2.75) is 0 Å². The molecule has 2 N–H and O–H groups in total. The molecule has 3 aromatic rings. The first-order chi connectivity index (χ1) is 10.1. The number of carbonyl (C=O) groups excluding carboxylic acids is 1. The van der Waals surface area contributed by atoms with Crippen molar-refractivity contribution in [1.82, 2.24) is 4.98 Å². The molecule has 4 nitrogen and oxygen atoms in total. The van der Waals surface area contributed by atoms with E-state index in [1.54, 1.807) is 0 Å². The van der Waals surface area contributed by atoms with Crippen LogP contribution in [0.5, 0.6) is 0 Å². The van der Waals surface area contributed by atoms with Crippen LogP contribution in [-0.2, 0) is 0 Å². The minimum absolute atomic E-state index is 0.0537. The lowest BCUT2D eigenvalue weighted by molar-refractivity contribution is 0.262. The molecule has 0 bridgehead atoms. The fraction of sp³-hybridized carbons (Fsp3) is 0. The topological polar surface area (TPSA) is 54.0 Å². The summed E-state index contributed by atoms with van der Waals surface area (Å²) in [5, 5.41) is 5.71. The van der Waals surface area contributed by atoms with E-state index in [0.717, 1.165) is 16.3 Å². The zero-order valence-electron chi connectivity index (χ0n) is 10.6. The standard InChI is InChI=1S/C14H9ClFN3OS/c15-8-5-6-10(9(16)7-8)17-13(20)19-14-18-11-3-1-2-4-12(11)21-14/h1-7H,(H2,17,18,19,20). The summed E-state index contributed by atoms with van der Waals surface area (Å²) in [6.07, 6.45) is 0. The van der Waals surface area contributed by atoms with Gasteiger partial charge in [-0.25, -0.2) is 14.2 Å². The van der Waals surface area contributed by atoms with E-state index in [0.29, 0.717) is 5.13 Å². The van der Waals surface area contributed by atoms with E-state index in [1.807, 2.05) is 24.3 Å². The smallest absolute Gasteiger partial charge is 0.305 e. The third-order valence-electron chi connectivity index (χ3n) is 2.69. The molecule has 7 heteroatoms. The maximum atomic E-state index is 13.6. The predicted octanol–water partition coefficient (Wildman–Crippen LogP) is 4.73. The van der Waals surface area contributed by atoms with E-state index in [2.05, 4.69) is 15.6 Å². The first kappa shape index (κ1) is 13.8. The van der Waals surface area contributed by atoms with Crippen molar-refractivity contribution < 1.29 is 9.18 Å². The molecule has 0 aliphatic carbocycles. The number of nitrogens with zero attached hydrogens (tertiary/aromatic N) is 1. The van der Waals surface area contributed by atoms with Gasteiger partial charge in [-0.05, 0) is 30.3 Å². The van der Waals surface area contributed by atoms with Crippen LogP contribution in [0.4, 0.5) is 20.0 Å². The number of hydrogen-bond acceptors (Lipinski definition) is 3. The number of thiazole rings is 1. The molecular formula is C14H9ClFN3OS. The summed E-state index contributed by atoms with van der Waals surface area (Å²) in [6, 6.07) is 11.0. The molecule has 0 fully saturated rings. The van der Waals surface area contributed by atoms with Gasteiger partial charge in [0.2, 0.25) is 0 Å². The van der Waals surface area contributed by atoms with Crippen LogP contribution in [0.15, 0.2) is 42.5 Å². The monoisotopic (exact) mass is 321 g/mol. The molecule has 0 saturated heterocycles. The lowest BCUT2D eigenvalue weighted by Gasteiger charge is -2.06. The Morgan fingerprint density at radius 3 is 2.76 bits per heavy atom. The molecule has 1 aromatic heterocycles. The molecule has 1 heterocycles. The summed E-state index contributed by atoms with van der Waals surface area (Å²) in [5.74, 6) is -0.595. The van der Waals surface area contributed by atoms with Crippen molar-refractivity contribution >= 4 is 50.0 Å². The summed E-state index contributed by atoms with van der Waals surface area (Å²) >= 11 is 7.00. The van der Waals surface area contributed by atoms with Crippen molar-refractivity contribution in [2.75, 3.05) is 10.6 Å². The van der Waals surface area contributed by atoms with Crippen LogP contribution in [0.1, 0.15) is 0 Å². The van der Waals surface area contributed by atoms with Crippen LogP contribution >= 0.6 is 22.9 Å². The fourth-order valence-corrected chi connectivity index (χ4v) is 2.79. The van der Waals surface area contributed by atoms with Crippen molar-refractivity contribution in [2.24, 2.45) is 0 Å². The number of benzene rings is 2. The van der Waals surface area contributed by atoms with Crippen LogP contribution in [0.25, 0.3) is 10.2 Å². The average molecular weight is 322 g/mol. The average Bonchev–Trinajstić information content (AvgIpc) is 2.84. The third-order valence-corrected chi connectivity index (χ3v) is 3.88. The van der Waals surface area contributed by atoms with Crippen LogP contribution < -0.4 is 10.6 Å². The van der Waals surface area contributed by atoms with Gasteiger partial charge in [0.15, 0.2) is 5.13 Å². The van der Waals surface area contributed by atoms with E-state index < -0.39 is 11.8 Å². The highest BCUT2D eigenvalue weighted by Gasteiger charge is 2.10. The van der Waals surface area contributed by atoms with Crippen LogP contribution in [0.3, 0.4) is 0 Å². The Labute approximate surface area is 128 Å². The fourth-order valence-electron chi connectivity index (χ4n) is 1.77. The van der Waals surface area contributed by atoms with Gasteiger partial charge in [-0.3, -0.25) is 5.32 Å². The molecular weight excluding hydrogens is 313 g/mol. The summed E-state index contributed by atoms with van der Waals surface area (Å²) in [6.45, 7) is 0. The lowest BCUT2D eigenvalue weighted by Crippen LogP contribution is -2.19. The maximum Gasteiger partial charge on any atom is 0.325 e. The second kappa shape index (κ2) is 5.67. The van der Waals surface area contributed by atoms with Crippen molar-refractivity contribution in [1.29, 1.82) is 0 Å². The van der Waals surface area contributed by atoms with Crippen molar-refractivity contribution in [3.8, 4) is 0 Å². The number of amides is 2. The van der Waals surface area contributed by atoms with E-state index in [4.69, 9.17) is 11.6 Å². The van der Waals surface area contributed by atoms with E-state index in [-0.39, 0.29) is 10.7 Å². The molecule has 21 heavy (non-hydrogen) atoms. The molecule has 0 aliphatic heterocycles. The maximum absolute atomic E-state index is 13.6. The van der Waals surface area contributed by atoms with Gasteiger partial charge in [-0.2, -0.15) is 0 Å². The Morgan fingerprint density at radius 1 is 1.19 bits per heavy atom. The number of urea groups is 1. The van der Waals surface area contributed by atoms with Gasteiger partial charge in [0.1, 0.15) is 5.82 Å². The minimum Gasteiger partial charge on any atom is -0.305 e. The van der Waals surface area contributed by atoms with Gasteiger partial charge >= 0.3 is 6.03 Å². The Hall–Kier alpha value is -2.18. The van der Waals surface area contributed by atoms with Gasteiger partial charge in [-0.15, -0.1) is 0 Å². The van der Waals surface area contributed by atoms with Gasteiger partial charge in [0.25, 0.3) is 0 Å². The van der Waals surface area contributed by atoms with E-state index in [1.165, 1.54) is 23.5 Å². The molecule has 2 aromatic carbocycles. The van der Waals surface area contributed by atoms with Gasteiger partial charge in [-0.1, -0.05) is 35.1 Å². The number of anilines is 2. The number of carbonyl (C=O) groups is 1. The van der Waals surface area contributed by atoms with E-state index >= 15 is 0 Å². The van der Waals surface area contributed by atoms with Gasteiger partial charge in [0, 0.05) is 5.02 Å². The normalized spacial score (nSPS) is 10.6. The minimum atomic E-state index is -0.595. The van der Waals surface area contributed by atoms with Crippen LogP contribution in [0, 0.1) is 5.82 Å². The molecule has 106 valence electrons. The molecule has 0 radical (unpaired) electrons. The molecule has 0 unspecified atom stereocenters. The van der Waals surface area contributed by atoms with Crippen LogP contribution in [-0.4, -0.2) is 11.0 Å². The largest absolute Gasteiger partial charge is 0.325 e. The quantitative estimate of drug-likeness (QED) is 0.716. The summed E-state index contributed by atoms with van der Waals surface area (Å²) in [7, 11) is 0. The second-order valence-electron chi connectivity index (χ2n) is 4.19. The lowest BCUT2D eigenvalue weighted by atomic mass is 10.3. The number of halogens is 2. The molecule has 0 aliphatic rings. The molecule has 0 saturated carbocycles. The summed E-state index contributed by atoms with van der Waals surface area (Å²) in [5.41, 5.74) is 0.855. The Bertz CT molecular complexity index is 788. The molecule has 0 atom stereocenters.